The fourth-order valence-electron chi connectivity index (χ4n) is 4.62. The average Bonchev–Trinajstić information content (AvgIpc) is 3.12. The molecule has 45 heavy (non-hydrogen) atoms. The minimum atomic E-state index is -5.08. The molecule has 1 aromatic heterocycles. The van der Waals surface area contributed by atoms with Crippen molar-refractivity contribution in [2.75, 3.05) is 29.9 Å². The van der Waals surface area contributed by atoms with Crippen molar-refractivity contribution in [3.05, 3.63) is 48.3 Å². The summed E-state index contributed by atoms with van der Waals surface area (Å²) in [5.74, 6) is -4.45. The number of hydrogen-bond donors (Lipinski definition) is 2. The Morgan fingerprint density at radius 2 is 1.60 bits per heavy atom. The molecule has 2 aliphatic rings. The van der Waals surface area contributed by atoms with E-state index in [1.165, 1.54) is 11.0 Å². The zero-order chi connectivity index (χ0) is 33.6. The summed E-state index contributed by atoms with van der Waals surface area (Å²) in [6.45, 7) is 5.54. The molecule has 2 fully saturated rings. The van der Waals surface area contributed by atoms with Crippen molar-refractivity contribution >= 4 is 35.2 Å². The summed E-state index contributed by atoms with van der Waals surface area (Å²) in [6, 6.07) is 6.13. The number of halogens is 6. The normalized spacial score (nSPS) is 17.1. The minimum absolute atomic E-state index is 0.0196. The highest BCUT2D eigenvalue weighted by atomic mass is 19.4. The summed E-state index contributed by atoms with van der Waals surface area (Å²) in [4.78, 5) is 56.6. The van der Waals surface area contributed by atoms with Crippen LogP contribution < -0.4 is 15.0 Å². The maximum atomic E-state index is 13.4. The van der Waals surface area contributed by atoms with Gasteiger partial charge in [0.2, 0.25) is 5.91 Å². The second-order valence-corrected chi connectivity index (χ2v) is 10.7. The summed E-state index contributed by atoms with van der Waals surface area (Å²) in [6.07, 6.45) is -3.65. The number of imide groups is 1. The van der Waals surface area contributed by atoms with Crippen LogP contribution in [0.15, 0.2) is 42.7 Å². The monoisotopic (exact) mass is 647 g/mol. The second kappa shape index (κ2) is 14.1. The van der Waals surface area contributed by atoms with E-state index in [1.807, 2.05) is 0 Å². The third-order valence-electron chi connectivity index (χ3n) is 6.98. The van der Waals surface area contributed by atoms with Gasteiger partial charge in [-0.1, -0.05) is 6.42 Å². The fraction of sp³-hybridized carbons (Fsp3) is 0.464. The average molecular weight is 648 g/mol. The topological polar surface area (TPSA) is 132 Å². The molecule has 246 valence electrons. The number of benzene rings is 1. The Balaban J connectivity index is 0.000000707. The lowest BCUT2D eigenvalue weighted by atomic mass is 10.0. The number of amides is 4. The molecule has 0 aliphatic carbocycles. The number of piperidine rings is 1. The van der Waals surface area contributed by atoms with Crippen LogP contribution in [-0.2, 0) is 20.9 Å². The number of pyridine rings is 1. The van der Waals surface area contributed by atoms with Crippen molar-refractivity contribution in [3.8, 4) is 5.75 Å². The van der Waals surface area contributed by atoms with Crippen LogP contribution in [0.3, 0.4) is 0 Å². The summed E-state index contributed by atoms with van der Waals surface area (Å²) in [5.41, 5.74) is -0.730. The molecule has 0 unspecified atom stereocenters. The van der Waals surface area contributed by atoms with Crippen molar-refractivity contribution < 1.29 is 55.4 Å². The van der Waals surface area contributed by atoms with Gasteiger partial charge in [0.25, 0.3) is 5.91 Å². The van der Waals surface area contributed by atoms with E-state index < -0.39 is 47.6 Å². The Labute approximate surface area is 253 Å². The van der Waals surface area contributed by atoms with Gasteiger partial charge >= 0.3 is 24.5 Å². The summed E-state index contributed by atoms with van der Waals surface area (Å²) in [7, 11) is 0. The van der Waals surface area contributed by atoms with Crippen molar-refractivity contribution in [1.29, 1.82) is 0 Å². The first kappa shape index (κ1) is 35.1. The van der Waals surface area contributed by atoms with E-state index in [9.17, 15) is 40.7 Å². The third kappa shape index (κ3) is 9.54. The molecule has 17 heteroatoms. The molecule has 2 aromatic rings. The zero-order valence-corrected chi connectivity index (χ0v) is 24.2. The summed E-state index contributed by atoms with van der Waals surface area (Å²) < 4.78 is 75.0. The molecule has 2 N–H and O–H groups in total. The molecular formula is C28H31F6N5O6. The van der Waals surface area contributed by atoms with Crippen LogP contribution in [-0.4, -0.2) is 81.4 Å². The first-order valence-corrected chi connectivity index (χ1v) is 13.7. The Morgan fingerprint density at radius 1 is 1.00 bits per heavy atom. The fourth-order valence-corrected chi connectivity index (χ4v) is 4.62. The number of carbonyl (C=O) groups excluding carboxylic acids is 3. The number of ether oxygens (including phenoxy) is 1. The number of hydrogen-bond acceptors (Lipinski definition) is 7. The van der Waals surface area contributed by atoms with Gasteiger partial charge in [0, 0.05) is 31.9 Å². The van der Waals surface area contributed by atoms with E-state index in [0.717, 1.165) is 54.9 Å². The molecule has 0 bridgehead atoms. The van der Waals surface area contributed by atoms with Gasteiger partial charge in [0.05, 0.1) is 11.4 Å². The Bertz CT molecular complexity index is 1380. The lowest BCUT2D eigenvalue weighted by Crippen LogP contribution is -2.43. The smallest absolute Gasteiger partial charge is 0.475 e. The quantitative estimate of drug-likeness (QED) is 0.296. The number of anilines is 2. The number of likely N-dealkylation sites (tertiary alicyclic amines) is 1. The number of carboxylic acids is 1. The number of alkyl halides is 6. The number of carbonyl (C=O) groups is 4. The number of carboxylic acid groups (broad SMARTS) is 1. The van der Waals surface area contributed by atoms with E-state index in [2.05, 4.69) is 19.9 Å². The van der Waals surface area contributed by atoms with Crippen LogP contribution in [0.5, 0.6) is 5.75 Å². The number of nitrogens with zero attached hydrogens (tertiary/aromatic N) is 4. The maximum absolute atomic E-state index is 13.4. The van der Waals surface area contributed by atoms with Gasteiger partial charge in [-0.05, 0) is 75.7 Å². The SMILES string of the molecule is CC1(C)C(=O)N(c2ccc(OC(F)(F)F)c(NC(=O)CCN3CCCCC3)c2)C(=O)N1Cc1ccncc1.O=C(O)C(F)(F)F. The molecule has 0 atom stereocenters. The van der Waals surface area contributed by atoms with Gasteiger partial charge in [-0.15, -0.1) is 13.2 Å². The summed E-state index contributed by atoms with van der Waals surface area (Å²) >= 11 is 0. The zero-order valence-electron chi connectivity index (χ0n) is 24.2. The molecule has 1 aromatic carbocycles. The Kier molecular flexibility index (Phi) is 11.0. The molecular weight excluding hydrogens is 616 g/mol. The van der Waals surface area contributed by atoms with Crippen LogP contribution >= 0.6 is 0 Å². The summed E-state index contributed by atoms with van der Waals surface area (Å²) in [5, 5.41) is 9.60. The van der Waals surface area contributed by atoms with Gasteiger partial charge in [-0.25, -0.2) is 14.5 Å². The molecule has 2 aliphatic heterocycles. The van der Waals surface area contributed by atoms with Gasteiger partial charge in [-0.2, -0.15) is 13.2 Å². The number of nitrogens with one attached hydrogen (secondary N) is 1. The number of aliphatic carboxylic acids is 1. The second-order valence-electron chi connectivity index (χ2n) is 10.7. The lowest BCUT2D eigenvalue weighted by molar-refractivity contribution is -0.274. The minimum Gasteiger partial charge on any atom is -0.475 e. The first-order valence-electron chi connectivity index (χ1n) is 13.7. The van der Waals surface area contributed by atoms with Crippen LogP contribution in [0.2, 0.25) is 0 Å². The maximum Gasteiger partial charge on any atom is 0.573 e. The van der Waals surface area contributed by atoms with Crippen LogP contribution in [0.1, 0.15) is 45.1 Å². The van der Waals surface area contributed by atoms with E-state index in [4.69, 9.17) is 9.90 Å². The van der Waals surface area contributed by atoms with Gasteiger partial charge in [0.1, 0.15) is 5.54 Å². The Morgan fingerprint density at radius 3 is 2.16 bits per heavy atom. The van der Waals surface area contributed by atoms with Crippen LogP contribution in [0.25, 0.3) is 0 Å². The molecule has 0 spiro atoms. The molecule has 4 rings (SSSR count). The Hall–Kier alpha value is -4.41. The van der Waals surface area contributed by atoms with Gasteiger partial charge in [0.15, 0.2) is 5.75 Å². The highest BCUT2D eigenvalue weighted by Gasteiger charge is 2.52. The molecule has 11 nitrogen and oxygen atoms in total. The van der Waals surface area contributed by atoms with Gasteiger partial charge < -0.3 is 25.0 Å². The van der Waals surface area contributed by atoms with Crippen LogP contribution in [0.4, 0.5) is 42.5 Å². The molecule has 3 heterocycles. The first-order chi connectivity index (χ1) is 20.9. The molecule has 4 amide bonds. The highest BCUT2D eigenvalue weighted by Crippen LogP contribution is 2.38. The number of urea groups is 1. The van der Waals surface area contributed by atoms with E-state index in [0.29, 0.717) is 6.54 Å². The van der Waals surface area contributed by atoms with E-state index in [1.54, 1.807) is 38.4 Å². The van der Waals surface area contributed by atoms with Crippen LogP contribution in [0, 0.1) is 0 Å². The van der Waals surface area contributed by atoms with Gasteiger partial charge in [-0.3, -0.25) is 14.6 Å². The predicted octanol–water partition coefficient (Wildman–Crippen LogP) is 5.18. The molecule has 2 saturated heterocycles. The third-order valence-corrected chi connectivity index (χ3v) is 6.98. The van der Waals surface area contributed by atoms with Crippen molar-refractivity contribution in [2.24, 2.45) is 0 Å². The largest absolute Gasteiger partial charge is 0.573 e. The van der Waals surface area contributed by atoms with E-state index in [-0.39, 0.29) is 24.3 Å². The van der Waals surface area contributed by atoms with Crippen molar-refractivity contribution in [3.63, 3.8) is 0 Å². The number of aromatic nitrogens is 1. The molecule has 0 radical (unpaired) electrons. The lowest BCUT2D eigenvalue weighted by Gasteiger charge is -2.27. The van der Waals surface area contributed by atoms with Crippen molar-refractivity contribution in [2.45, 2.75) is 64.2 Å². The number of rotatable bonds is 8. The van der Waals surface area contributed by atoms with E-state index >= 15 is 0 Å². The standard InChI is InChI=1S/C26H30F3N5O4.C2HF3O2/c1-25(2)23(36)34(24(37)33(25)17-18-8-11-30-12-9-18)19-6-7-21(38-26(27,28)29)20(16-19)31-22(35)10-15-32-13-4-3-5-14-32;3-2(4,5)1(6)7/h6-9,11-12,16H,3-5,10,13-15,17H2,1-2H3,(H,31,35);(H,6,7). The highest BCUT2D eigenvalue weighted by molar-refractivity contribution is 6.23. The van der Waals surface area contributed by atoms with Crippen molar-refractivity contribution in [1.82, 2.24) is 14.8 Å². The predicted molar refractivity (Wildman–Crippen MR) is 147 cm³/mol. The molecule has 0 saturated carbocycles.